The number of carbonyl (C=O) groups excluding carboxylic acids is 4. The maximum atomic E-state index is 12.2. The molecule has 0 saturated carbocycles. The van der Waals surface area contributed by atoms with Crippen molar-refractivity contribution in [2.75, 3.05) is 5.32 Å². The van der Waals surface area contributed by atoms with Gasteiger partial charge in [-0.3, -0.25) is 19.2 Å². The van der Waals surface area contributed by atoms with Crippen molar-refractivity contribution in [3.63, 3.8) is 0 Å². The Morgan fingerprint density at radius 2 is 1.79 bits per heavy atom. The number of primary amides is 1. The third kappa shape index (κ3) is 6.53. The molecule has 1 aromatic carbocycles. The molecule has 0 aliphatic rings. The molecule has 7 nitrogen and oxygen atoms in total. The quantitative estimate of drug-likeness (QED) is 0.455. The van der Waals surface area contributed by atoms with Gasteiger partial charge in [-0.25, -0.2) is 0 Å². The summed E-state index contributed by atoms with van der Waals surface area (Å²) in [7, 11) is 0. The number of nitrogens with two attached hydrogens (primary N) is 1. The zero-order valence-corrected chi connectivity index (χ0v) is 17.2. The molecule has 2 amide bonds. The number of rotatable bonds is 10. The predicted octanol–water partition coefficient (Wildman–Crippen LogP) is 3.33. The monoisotopic (exact) mass is 416 g/mol. The van der Waals surface area contributed by atoms with Crippen LogP contribution in [0.2, 0.25) is 0 Å². The Morgan fingerprint density at radius 3 is 2.41 bits per heavy atom. The lowest BCUT2D eigenvalue weighted by molar-refractivity contribution is -0.153. The molecule has 0 unspecified atom stereocenters. The fourth-order valence-corrected chi connectivity index (χ4v) is 3.42. The number of benzene rings is 1. The number of Topliss-reactive ketones (excluding diaryl/α,β-unsaturated/α-hetero) is 1. The first kappa shape index (κ1) is 22.3. The molecule has 0 spiro atoms. The van der Waals surface area contributed by atoms with Crippen LogP contribution in [0.15, 0.2) is 35.7 Å². The van der Waals surface area contributed by atoms with E-state index in [1.165, 1.54) is 13.0 Å². The van der Waals surface area contributed by atoms with Crippen molar-refractivity contribution >= 4 is 39.9 Å². The topological polar surface area (TPSA) is 116 Å². The predicted molar refractivity (Wildman–Crippen MR) is 111 cm³/mol. The average molecular weight is 416 g/mol. The molecule has 0 aliphatic carbocycles. The molecule has 0 saturated heterocycles. The lowest BCUT2D eigenvalue weighted by Gasteiger charge is -2.13. The minimum absolute atomic E-state index is 0.00293. The van der Waals surface area contributed by atoms with Gasteiger partial charge in [0, 0.05) is 12.0 Å². The number of hydrogen-bond acceptors (Lipinski definition) is 6. The second-order valence-corrected chi connectivity index (χ2v) is 7.44. The first-order valence-electron chi connectivity index (χ1n) is 9.31. The zero-order chi connectivity index (χ0) is 21.4. The molecular weight excluding hydrogens is 392 g/mol. The second kappa shape index (κ2) is 10.5. The Labute approximate surface area is 173 Å². The summed E-state index contributed by atoms with van der Waals surface area (Å²) < 4.78 is 5.08. The van der Waals surface area contributed by atoms with E-state index in [1.54, 1.807) is 17.5 Å². The van der Waals surface area contributed by atoms with Crippen molar-refractivity contribution in [2.45, 2.75) is 45.6 Å². The fraction of sp³-hybridized carbons (Fsp3) is 0.333. The first-order valence-corrected chi connectivity index (χ1v) is 10.2. The van der Waals surface area contributed by atoms with Gasteiger partial charge in [0.05, 0.1) is 12.0 Å². The smallest absolute Gasteiger partial charge is 0.307 e. The van der Waals surface area contributed by atoms with E-state index in [1.807, 2.05) is 12.1 Å². The molecule has 29 heavy (non-hydrogen) atoms. The highest BCUT2D eigenvalue weighted by Gasteiger charge is 2.21. The van der Waals surface area contributed by atoms with E-state index in [0.29, 0.717) is 10.6 Å². The van der Waals surface area contributed by atoms with Gasteiger partial charge in [-0.15, -0.1) is 11.3 Å². The van der Waals surface area contributed by atoms with Crippen LogP contribution >= 0.6 is 11.3 Å². The number of ether oxygens (including phenoxy) is 1. The standard InChI is InChI=1S/C21H24N2O5S/c1-3-4-14-5-7-15(8-6-14)17(24)9-10-18(25)28-13(2)20(27)23-21-16(19(22)26)11-12-29-21/h5-8,11-13H,3-4,9-10H2,1-2H3,(H2,22,26)(H,23,27)/t13-/m0/s1. The minimum Gasteiger partial charge on any atom is -0.453 e. The van der Waals surface area contributed by atoms with E-state index < -0.39 is 23.9 Å². The van der Waals surface area contributed by atoms with Gasteiger partial charge in [0.15, 0.2) is 11.9 Å². The third-order valence-electron chi connectivity index (χ3n) is 4.22. The number of esters is 1. The highest BCUT2D eigenvalue weighted by atomic mass is 32.1. The Kier molecular flexibility index (Phi) is 8.09. The Hall–Kier alpha value is -3.00. The van der Waals surface area contributed by atoms with Crippen molar-refractivity contribution < 1.29 is 23.9 Å². The molecule has 8 heteroatoms. The number of aryl methyl sites for hydroxylation is 1. The van der Waals surface area contributed by atoms with Crippen LogP contribution in [0.4, 0.5) is 5.00 Å². The minimum atomic E-state index is -1.08. The fourth-order valence-electron chi connectivity index (χ4n) is 2.63. The number of hydrogen-bond donors (Lipinski definition) is 2. The Morgan fingerprint density at radius 1 is 1.10 bits per heavy atom. The van der Waals surface area contributed by atoms with Gasteiger partial charge < -0.3 is 15.8 Å². The highest BCUT2D eigenvalue weighted by molar-refractivity contribution is 7.14. The molecule has 3 N–H and O–H groups in total. The molecule has 0 radical (unpaired) electrons. The zero-order valence-electron chi connectivity index (χ0n) is 16.4. The largest absolute Gasteiger partial charge is 0.453 e. The Bertz CT molecular complexity index is 889. The van der Waals surface area contributed by atoms with E-state index in [9.17, 15) is 19.2 Å². The van der Waals surface area contributed by atoms with Crippen LogP contribution in [0.1, 0.15) is 59.4 Å². The molecule has 1 aromatic heterocycles. The first-order chi connectivity index (χ1) is 13.8. The van der Waals surface area contributed by atoms with Crippen molar-refractivity contribution in [3.8, 4) is 0 Å². The van der Waals surface area contributed by atoms with Crippen LogP contribution in [0.5, 0.6) is 0 Å². The number of ketones is 1. The van der Waals surface area contributed by atoms with Gasteiger partial charge in [-0.1, -0.05) is 37.6 Å². The normalized spacial score (nSPS) is 11.5. The summed E-state index contributed by atoms with van der Waals surface area (Å²) in [6.07, 6.45) is 0.776. The van der Waals surface area contributed by atoms with Gasteiger partial charge >= 0.3 is 5.97 Å². The van der Waals surface area contributed by atoms with Crippen LogP contribution < -0.4 is 11.1 Å². The SMILES string of the molecule is CCCc1ccc(C(=O)CCC(=O)O[C@@H](C)C(=O)Nc2sccc2C(N)=O)cc1. The summed E-state index contributed by atoms with van der Waals surface area (Å²) in [6.45, 7) is 3.50. The number of thiophene rings is 1. The van der Waals surface area contributed by atoms with Crippen LogP contribution in [-0.4, -0.2) is 29.7 Å². The maximum Gasteiger partial charge on any atom is 0.307 e. The van der Waals surface area contributed by atoms with Crippen molar-refractivity contribution in [2.24, 2.45) is 5.73 Å². The van der Waals surface area contributed by atoms with E-state index >= 15 is 0 Å². The number of carbonyl (C=O) groups is 4. The van der Waals surface area contributed by atoms with Crippen LogP contribution in [0.25, 0.3) is 0 Å². The van der Waals surface area contributed by atoms with Gasteiger partial charge in [0.25, 0.3) is 11.8 Å². The number of anilines is 1. The van der Waals surface area contributed by atoms with E-state index in [2.05, 4.69) is 12.2 Å². The van der Waals surface area contributed by atoms with Gasteiger partial charge in [-0.05, 0) is 30.4 Å². The second-order valence-electron chi connectivity index (χ2n) is 6.52. The molecule has 2 rings (SSSR count). The van der Waals surface area contributed by atoms with Crippen molar-refractivity contribution in [1.82, 2.24) is 0 Å². The lowest BCUT2D eigenvalue weighted by Crippen LogP contribution is -2.30. The van der Waals surface area contributed by atoms with Crippen LogP contribution in [0.3, 0.4) is 0 Å². The number of amides is 2. The van der Waals surface area contributed by atoms with Gasteiger partial charge in [-0.2, -0.15) is 0 Å². The van der Waals surface area contributed by atoms with Gasteiger partial charge in [0.1, 0.15) is 5.00 Å². The van der Waals surface area contributed by atoms with E-state index in [-0.39, 0.29) is 24.2 Å². The van der Waals surface area contributed by atoms with E-state index in [4.69, 9.17) is 10.5 Å². The molecule has 0 bridgehead atoms. The summed E-state index contributed by atoms with van der Waals surface area (Å²) in [5.41, 5.74) is 7.12. The van der Waals surface area contributed by atoms with Crippen LogP contribution in [-0.2, 0) is 20.7 Å². The molecule has 2 aromatic rings. The van der Waals surface area contributed by atoms with Crippen LogP contribution in [0, 0.1) is 0 Å². The van der Waals surface area contributed by atoms with Crippen molar-refractivity contribution in [1.29, 1.82) is 0 Å². The summed E-state index contributed by atoms with van der Waals surface area (Å²) in [4.78, 5) is 47.7. The molecule has 1 heterocycles. The van der Waals surface area contributed by atoms with E-state index in [0.717, 1.165) is 29.7 Å². The van der Waals surface area contributed by atoms with Crippen molar-refractivity contribution in [3.05, 3.63) is 52.4 Å². The summed E-state index contributed by atoms with van der Waals surface area (Å²) in [5, 5.41) is 4.43. The summed E-state index contributed by atoms with van der Waals surface area (Å²) >= 11 is 1.14. The summed E-state index contributed by atoms with van der Waals surface area (Å²) in [5.74, 6) is -2.05. The maximum absolute atomic E-state index is 12.2. The van der Waals surface area contributed by atoms with Gasteiger partial charge in [0.2, 0.25) is 0 Å². The lowest BCUT2D eigenvalue weighted by atomic mass is 10.0. The molecule has 1 atom stereocenters. The molecular formula is C21H24N2O5S. The molecule has 0 fully saturated rings. The third-order valence-corrected chi connectivity index (χ3v) is 5.05. The molecule has 0 aliphatic heterocycles. The molecule has 154 valence electrons. The Balaban J connectivity index is 1.81. The highest BCUT2D eigenvalue weighted by Crippen LogP contribution is 2.23. The number of nitrogens with one attached hydrogen (secondary N) is 1. The summed E-state index contributed by atoms with van der Waals surface area (Å²) in [6, 6.07) is 8.83. The average Bonchev–Trinajstić information content (AvgIpc) is 3.15.